The maximum Gasteiger partial charge on any atom is 0.322 e. The number of amides is 4. The number of ether oxygens (including phenoxy) is 1. The van der Waals surface area contributed by atoms with Gasteiger partial charge in [0.15, 0.2) is 17.5 Å². The third-order valence-electron chi connectivity index (χ3n) is 7.32. The molecule has 0 atom stereocenters. The molecule has 2 N–H and O–H groups in total. The van der Waals surface area contributed by atoms with Crippen molar-refractivity contribution in [2.45, 2.75) is 50.7 Å². The largest absolute Gasteiger partial charge is 0.381 e. The van der Waals surface area contributed by atoms with Gasteiger partial charge in [-0.25, -0.2) is 22.8 Å². The molecule has 3 aliphatic rings. The van der Waals surface area contributed by atoms with Crippen LogP contribution < -0.4 is 10.6 Å². The van der Waals surface area contributed by atoms with Gasteiger partial charge in [-0.2, -0.15) is 0 Å². The van der Waals surface area contributed by atoms with E-state index in [1.54, 1.807) is 12.1 Å². The molecule has 2 aromatic carbocycles. The van der Waals surface area contributed by atoms with Crippen molar-refractivity contribution >= 4 is 17.7 Å². The van der Waals surface area contributed by atoms with Gasteiger partial charge >= 0.3 is 12.1 Å². The normalized spacial score (nSPS) is 18.8. The number of anilines is 1. The fraction of sp³-hybridized carbons (Fsp3) is 0.462. The van der Waals surface area contributed by atoms with Gasteiger partial charge in [0, 0.05) is 50.1 Å². The predicted molar refractivity (Wildman–Crippen MR) is 127 cm³/mol. The van der Waals surface area contributed by atoms with E-state index in [1.165, 1.54) is 4.90 Å². The number of nitrogens with one attached hydrogen (secondary N) is 2. The summed E-state index contributed by atoms with van der Waals surface area (Å²) in [5.41, 5.74) is 1.99. The highest BCUT2D eigenvalue weighted by Gasteiger charge is 2.30. The molecule has 192 valence electrons. The summed E-state index contributed by atoms with van der Waals surface area (Å²) in [7, 11) is 0. The first-order valence-electron chi connectivity index (χ1n) is 12.3. The van der Waals surface area contributed by atoms with Crippen LogP contribution in [0.4, 0.5) is 28.4 Å². The average molecular weight is 503 g/mol. The Bertz CT molecular complexity index is 1130. The fourth-order valence-electron chi connectivity index (χ4n) is 5.15. The minimum atomic E-state index is -1.52. The molecule has 2 saturated heterocycles. The lowest BCUT2D eigenvalue weighted by molar-refractivity contribution is 0.0775. The van der Waals surface area contributed by atoms with Gasteiger partial charge in [0.1, 0.15) is 0 Å². The molecule has 2 fully saturated rings. The number of hydrogen-bond donors (Lipinski definition) is 2. The molecule has 3 heterocycles. The molecule has 5 rings (SSSR count). The van der Waals surface area contributed by atoms with E-state index in [0.29, 0.717) is 37.9 Å². The summed E-state index contributed by atoms with van der Waals surface area (Å²) in [6.45, 7) is 2.63. The quantitative estimate of drug-likeness (QED) is 0.597. The van der Waals surface area contributed by atoms with Crippen molar-refractivity contribution in [3.63, 3.8) is 0 Å². The van der Waals surface area contributed by atoms with E-state index in [9.17, 15) is 22.8 Å². The summed E-state index contributed by atoms with van der Waals surface area (Å²) in [5.74, 6) is -3.69. The summed E-state index contributed by atoms with van der Waals surface area (Å²) >= 11 is 0. The zero-order valence-electron chi connectivity index (χ0n) is 19.9. The minimum Gasteiger partial charge on any atom is -0.381 e. The van der Waals surface area contributed by atoms with E-state index in [4.69, 9.17) is 4.74 Å². The zero-order valence-corrected chi connectivity index (χ0v) is 19.9. The molecule has 0 radical (unpaired) electrons. The molecule has 7 nitrogen and oxygen atoms in total. The summed E-state index contributed by atoms with van der Waals surface area (Å²) in [4.78, 5) is 28.4. The van der Waals surface area contributed by atoms with Crippen molar-refractivity contribution in [2.24, 2.45) is 0 Å². The maximum atomic E-state index is 14.0. The van der Waals surface area contributed by atoms with Crippen LogP contribution in [0.25, 0.3) is 0 Å². The van der Waals surface area contributed by atoms with Crippen molar-refractivity contribution in [3.05, 3.63) is 64.5 Å². The van der Waals surface area contributed by atoms with Crippen LogP contribution in [0.1, 0.15) is 48.3 Å². The fourth-order valence-corrected chi connectivity index (χ4v) is 5.15. The van der Waals surface area contributed by atoms with Gasteiger partial charge in [-0.05, 0) is 60.9 Å². The number of nitrogens with zero attached hydrogens (tertiary/aromatic N) is 2. The number of piperidine rings is 1. The van der Waals surface area contributed by atoms with Gasteiger partial charge < -0.3 is 25.2 Å². The Morgan fingerprint density at radius 3 is 2.25 bits per heavy atom. The van der Waals surface area contributed by atoms with Gasteiger partial charge in [0.05, 0.1) is 6.54 Å². The van der Waals surface area contributed by atoms with Crippen molar-refractivity contribution < 1.29 is 27.5 Å². The second-order valence-electron chi connectivity index (χ2n) is 9.63. The van der Waals surface area contributed by atoms with Gasteiger partial charge in [-0.1, -0.05) is 12.1 Å². The number of carbonyl (C=O) groups excluding carboxylic acids is 2. The highest BCUT2D eigenvalue weighted by Crippen LogP contribution is 2.31. The van der Waals surface area contributed by atoms with Crippen LogP contribution in [0, 0.1) is 17.5 Å². The Labute approximate surface area is 207 Å². The van der Waals surface area contributed by atoms with Crippen molar-refractivity contribution in [1.29, 1.82) is 0 Å². The number of carbonyl (C=O) groups is 2. The number of likely N-dealkylation sites (tertiary alicyclic amines) is 1. The molecule has 0 aromatic heterocycles. The maximum absolute atomic E-state index is 14.0. The van der Waals surface area contributed by atoms with Crippen molar-refractivity contribution in [1.82, 2.24) is 15.1 Å². The van der Waals surface area contributed by atoms with Crippen LogP contribution in [-0.2, 0) is 17.8 Å². The van der Waals surface area contributed by atoms with E-state index < -0.39 is 23.5 Å². The Balaban J connectivity index is 1.11. The first-order chi connectivity index (χ1) is 17.4. The smallest absolute Gasteiger partial charge is 0.322 e. The molecule has 10 heteroatoms. The standard InChI is InChI=1S/C26H29F3N4O3/c27-22-13-18-14-33(15-21(18)23(28)24(22)29)26(35)30-19-3-1-16(2-4-19)17-5-9-32(10-6-17)25(34)31-20-7-11-36-12-8-20/h1-4,13,17,20H,5-12,14-15H2,(H,30,35)(H,31,34). The van der Waals surface area contributed by atoms with E-state index in [-0.39, 0.29) is 36.3 Å². The van der Waals surface area contributed by atoms with E-state index in [2.05, 4.69) is 10.6 Å². The lowest BCUT2D eigenvalue weighted by Crippen LogP contribution is -2.48. The predicted octanol–water partition coefficient (Wildman–Crippen LogP) is 4.72. The Hall–Kier alpha value is -3.27. The molecule has 0 saturated carbocycles. The van der Waals surface area contributed by atoms with Crippen LogP contribution >= 0.6 is 0 Å². The molecule has 0 aliphatic carbocycles. The third-order valence-corrected chi connectivity index (χ3v) is 7.32. The molecule has 0 spiro atoms. The van der Waals surface area contributed by atoms with E-state index >= 15 is 0 Å². The Kier molecular flexibility index (Phi) is 7.04. The number of halogens is 3. The first kappa shape index (κ1) is 24.4. The average Bonchev–Trinajstić information content (AvgIpc) is 3.33. The van der Waals surface area contributed by atoms with E-state index in [1.807, 2.05) is 17.0 Å². The van der Waals surface area contributed by atoms with Crippen molar-refractivity contribution in [3.8, 4) is 0 Å². The summed E-state index contributed by atoms with van der Waals surface area (Å²) in [5, 5.41) is 5.88. The van der Waals surface area contributed by atoms with Gasteiger partial charge in [-0.15, -0.1) is 0 Å². The van der Waals surface area contributed by atoms with Crippen LogP contribution in [0.5, 0.6) is 0 Å². The zero-order chi connectivity index (χ0) is 25.2. The summed E-state index contributed by atoms with van der Waals surface area (Å²) in [6, 6.07) is 8.18. The van der Waals surface area contributed by atoms with Crippen molar-refractivity contribution in [2.75, 3.05) is 31.6 Å². The molecular formula is C26H29F3N4O3. The van der Waals surface area contributed by atoms with Crippen LogP contribution in [0.15, 0.2) is 30.3 Å². The molecule has 4 amide bonds. The third kappa shape index (κ3) is 5.13. The highest BCUT2D eigenvalue weighted by molar-refractivity contribution is 5.89. The molecule has 0 bridgehead atoms. The van der Waals surface area contributed by atoms with E-state index in [0.717, 1.165) is 37.3 Å². The van der Waals surface area contributed by atoms with Crippen LogP contribution in [0.2, 0.25) is 0 Å². The van der Waals surface area contributed by atoms with Gasteiger partial charge in [-0.3, -0.25) is 0 Å². The minimum absolute atomic E-state index is 0.00664. The molecule has 3 aliphatic heterocycles. The number of urea groups is 2. The highest BCUT2D eigenvalue weighted by atomic mass is 19.2. The molecule has 0 unspecified atom stereocenters. The Morgan fingerprint density at radius 1 is 0.861 bits per heavy atom. The molecule has 36 heavy (non-hydrogen) atoms. The number of hydrogen-bond acceptors (Lipinski definition) is 3. The van der Waals surface area contributed by atoms with Crippen LogP contribution in [-0.4, -0.2) is 54.2 Å². The topological polar surface area (TPSA) is 73.9 Å². The first-order valence-corrected chi connectivity index (χ1v) is 12.3. The Morgan fingerprint density at radius 2 is 1.56 bits per heavy atom. The van der Waals surface area contributed by atoms with Gasteiger partial charge in [0.2, 0.25) is 0 Å². The second kappa shape index (κ2) is 10.4. The van der Waals surface area contributed by atoms with Crippen LogP contribution in [0.3, 0.4) is 0 Å². The lowest BCUT2D eigenvalue weighted by atomic mass is 9.89. The molecular weight excluding hydrogens is 473 g/mol. The summed E-state index contributed by atoms with van der Waals surface area (Å²) in [6.07, 6.45) is 3.42. The van der Waals surface area contributed by atoms with Gasteiger partial charge in [0.25, 0.3) is 0 Å². The monoisotopic (exact) mass is 502 g/mol. The number of benzene rings is 2. The molecule has 2 aromatic rings. The summed E-state index contributed by atoms with van der Waals surface area (Å²) < 4.78 is 46.4. The number of rotatable bonds is 3. The second-order valence-corrected chi connectivity index (χ2v) is 9.63. The number of fused-ring (bicyclic) bond motifs is 1. The lowest BCUT2D eigenvalue weighted by Gasteiger charge is -2.34. The SMILES string of the molecule is O=C(Nc1ccc(C2CCN(C(=O)NC3CCOCC3)CC2)cc1)N1Cc2cc(F)c(F)c(F)c2C1.